The van der Waals surface area contributed by atoms with E-state index in [4.69, 9.17) is 15.0 Å². The Kier molecular flexibility index (Phi) is 7.58. The molecule has 59 heavy (non-hydrogen) atoms. The highest BCUT2D eigenvalue weighted by Crippen LogP contribution is 2.40. The molecule has 0 aliphatic heterocycles. The maximum Gasteiger partial charge on any atom is 0.240 e. The third-order valence-electron chi connectivity index (χ3n) is 12.1. The van der Waals surface area contributed by atoms with Crippen LogP contribution in [0.4, 0.5) is 0 Å². The lowest BCUT2D eigenvalue weighted by Gasteiger charge is -2.19. The van der Waals surface area contributed by atoms with Crippen LogP contribution in [0.25, 0.3) is 94.4 Å². The van der Waals surface area contributed by atoms with E-state index in [1.54, 1.807) is 0 Å². The predicted molar refractivity (Wildman–Crippen MR) is 246 cm³/mol. The fourth-order valence-corrected chi connectivity index (χ4v) is 9.02. The van der Waals surface area contributed by atoms with E-state index in [0.717, 1.165) is 65.9 Å². The summed E-state index contributed by atoms with van der Waals surface area (Å²) in [5.41, 5.74) is 11.0. The van der Waals surface area contributed by atoms with Crippen LogP contribution >= 0.6 is 0 Å². The molecule has 4 aromatic heterocycles. The van der Waals surface area contributed by atoms with Gasteiger partial charge < -0.3 is 4.57 Å². The molecular formula is C53H44N6. The number of benzene rings is 7. The summed E-state index contributed by atoms with van der Waals surface area (Å²) in [6.07, 6.45) is 0. The highest BCUT2D eigenvalue weighted by atomic mass is 15.3. The van der Waals surface area contributed by atoms with Crippen molar-refractivity contribution in [3.05, 3.63) is 169 Å². The van der Waals surface area contributed by atoms with Gasteiger partial charge in [0, 0.05) is 37.9 Å². The summed E-state index contributed by atoms with van der Waals surface area (Å²) in [7, 11) is 0. The van der Waals surface area contributed by atoms with Crippen molar-refractivity contribution in [1.29, 1.82) is 0 Å². The number of fused-ring (bicyclic) bond motifs is 9. The van der Waals surface area contributed by atoms with E-state index < -0.39 is 0 Å². The van der Waals surface area contributed by atoms with Crippen molar-refractivity contribution in [2.45, 2.75) is 52.4 Å². The van der Waals surface area contributed by atoms with Crippen molar-refractivity contribution < 1.29 is 0 Å². The van der Waals surface area contributed by atoms with Crippen LogP contribution in [0.15, 0.2) is 158 Å². The smallest absolute Gasteiger partial charge is 0.240 e. The van der Waals surface area contributed by atoms with E-state index in [-0.39, 0.29) is 10.8 Å². The van der Waals surface area contributed by atoms with Gasteiger partial charge in [0.1, 0.15) is 0 Å². The topological polar surface area (TPSA) is 53.5 Å². The largest absolute Gasteiger partial charge is 0.309 e. The van der Waals surface area contributed by atoms with E-state index in [9.17, 15) is 0 Å². The third kappa shape index (κ3) is 5.43. The number of rotatable bonds is 4. The summed E-state index contributed by atoms with van der Waals surface area (Å²) < 4.78 is 6.79. The molecule has 0 aliphatic rings. The van der Waals surface area contributed by atoms with Gasteiger partial charge in [-0.2, -0.15) is 15.0 Å². The van der Waals surface area contributed by atoms with E-state index in [1.165, 1.54) is 21.9 Å². The molecule has 7 aromatic carbocycles. The second kappa shape index (κ2) is 12.7. The van der Waals surface area contributed by atoms with Crippen LogP contribution in [0.1, 0.15) is 52.7 Å². The Morgan fingerprint density at radius 2 is 0.695 bits per heavy atom. The first-order valence-electron chi connectivity index (χ1n) is 20.5. The average Bonchev–Trinajstić information content (AvgIpc) is 3.88. The lowest BCUT2D eigenvalue weighted by molar-refractivity contribution is 0.590. The Labute approximate surface area is 343 Å². The highest BCUT2D eigenvalue weighted by Gasteiger charge is 2.25. The fraction of sp³-hybridized carbons (Fsp3) is 0.151. The summed E-state index contributed by atoms with van der Waals surface area (Å²) >= 11 is 0. The summed E-state index contributed by atoms with van der Waals surface area (Å²) in [6.45, 7) is 13.7. The van der Waals surface area contributed by atoms with Gasteiger partial charge in [0.25, 0.3) is 0 Å². The molecule has 6 nitrogen and oxygen atoms in total. The number of hydrogen-bond donors (Lipinski definition) is 0. The Morgan fingerprint density at radius 3 is 1.10 bits per heavy atom. The first kappa shape index (κ1) is 35.1. The number of hydrogen-bond acceptors (Lipinski definition) is 3. The fourth-order valence-electron chi connectivity index (χ4n) is 9.02. The molecule has 0 N–H and O–H groups in total. The average molecular weight is 765 g/mol. The van der Waals surface area contributed by atoms with Crippen molar-refractivity contribution in [2.24, 2.45) is 0 Å². The monoisotopic (exact) mass is 764 g/mol. The SMILES string of the molecule is CC(C)(C)c1ccc2c(c1)c1cc(C(C)(C)C)ccc1n2-c1ccccc1-c1nc(-n2c3ccccc3c3ccccc32)nc(-n2c3ccccc3c3ccccc32)n1. The van der Waals surface area contributed by atoms with Crippen LogP contribution in [-0.4, -0.2) is 28.7 Å². The number of para-hydroxylation sites is 5. The summed E-state index contributed by atoms with van der Waals surface area (Å²) in [5.74, 6) is 1.72. The van der Waals surface area contributed by atoms with Gasteiger partial charge >= 0.3 is 0 Å². The molecule has 0 saturated heterocycles. The molecule has 4 heterocycles. The normalized spacial score (nSPS) is 12.6. The summed E-state index contributed by atoms with van der Waals surface area (Å²) in [5, 5.41) is 7.08. The lowest BCUT2D eigenvalue weighted by atomic mass is 9.85. The molecule has 0 spiro atoms. The molecule has 0 radical (unpaired) electrons. The Morgan fingerprint density at radius 1 is 0.339 bits per heavy atom. The quantitative estimate of drug-likeness (QED) is 0.179. The van der Waals surface area contributed by atoms with Gasteiger partial charge in [-0.25, -0.2) is 0 Å². The lowest BCUT2D eigenvalue weighted by Crippen LogP contribution is -2.11. The van der Waals surface area contributed by atoms with Crippen molar-refractivity contribution in [1.82, 2.24) is 28.7 Å². The van der Waals surface area contributed by atoms with Crippen LogP contribution in [0.3, 0.4) is 0 Å². The van der Waals surface area contributed by atoms with E-state index in [0.29, 0.717) is 17.7 Å². The van der Waals surface area contributed by atoms with Gasteiger partial charge in [-0.1, -0.05) is 139 Å². The Hall–Kier alpha value is -7.05. The first-order chi connectivity index (χ1) is 28.5. The second-order valence-corrected chi connectivity index (χ2v) is 17.8. The molecule has 6 heteroatoms. The zero-order valence-corrected chi connectivity index (χ0v) is 34.2. The zero-order valence-electron chi connectivity index (χ0n) is 34.2. The molecule has 11 rings (SSSR count). The van der Waals surface area contributed by atoms with Gasteiger partial charge in [-0.15, -0.1) is 0 Å². The third-order valence-corrected chi connectivity index (χ3v) is 12.1. The van der Waals surface area contributed by atoms with Crippen molar-refractivity contribution in [2.75, 3.05) is 0 Å². The Bertz CT molecular complexity index is 3160. The van der Waals surface area contributed by atoms with Crippen LogP contribution in [0.2, 0.25) is 0 Å². The zero-order chi connectivity index (χ0) is 40.2. The van der Waals surface area contributed by atoms with E-state index >= 15 is 0 Å². The molecule has 0 amide bonds. The second-order valence-electron chi connectivity index (χ2n) is 17.8. The van der Waals surface area contributed by atoms with Gasteiger partial charge in [0.05, 0.1) is 38.8 Å². The van der Waals surface area contributed by atoms with Crippen molar-refractivity contribution >= 4 is 65.4 Å². The van der Waals surface area contributed by atoms with E-state index in [1.807, 2.05) is 0 Å². The van der Waals surface area contributed by atoms with Crippen molar-refractivity contribution in [3.8, 4) is 29.0 Å². The van der Waals surface area contributed by atoms with Crippen LogP contribution < -0.4 is 0 Å². The van der Waals surface area contributed by atoms with Gasteiger partial charge in [0.15, 0.2) is 5.82 Å². The predicted octanol–water partition coefficient (Wildman–Crippen LogP) is 13.4. The van der Waals surface area contributed by atoms with Crippen molar-refractivity contribution in [3.63, 3.8) is 0 Å². The van der Waals surface area contributed by atoms with Gasteiger partial charge in [-0.05, 0) is 82.6 Å². The standard InChI is InChI=1S/C53H44N6/c1-52(2,3)33-27-29-47-40(31-33)41-32-34(53(4,5)6)28-30-48(41)57(47)46-26-16-11-21-39(46)49-54-50(58-42-22-12-7-17-35(42)36-18-8-13-23-43(36)58)56-51(55-49)59-44-24-14-9-19-37(44)38-20-10-15-25-45(38)59/h7-32H,1-6H3. The molecule has 0 bridgehead atoms. The van der Waals surface area contributed by atoms with Gasteiger partial charge in [0.2, 0.25) is 11.9 Å². The molecule has 0 aliphatic carbocycles. The molecule has 0 atom stereocenters. The minimum atomic E-state index is -0.000539. The minimum absolute atomic E-state index is 0.000539. The van der Waals surface area contributed by atoms with Crippen LogP contribution in [0.5, 0.6) is 0 Å². The number of aromatic nitrogens is 6. The first-order valence-corrected chi connectivity index (χ1v) is 20.5. The maximum absolute atomic E-state index is 5.45. The number of nitrogens with zero attached hydrogens (tertiary/aromatic N) is 6. The molecule has 11 aromatic rings. The molecule has 0 saturated carbocycles. The van der Waals surface area contributed by atoms with Crippen LogP contribution in [-0.2, 0) is 10.8 Å². The van der Waals surface area contributed by atoms with Crippen LogP contribution in [0, 0.1) is 0 Å². The molecule has 0 fully saturated rings. The highest BCUT2D eigenvalue weighted by molar-refractivity contribution is 6.11. The maximum atomic E-state index is 5.45. The van der Waals surface area contributed by atoms with Gasteiger partial charge in [-0.3, -0.25) is 9.13 Å². The summed E-state index contributed by atoms with van der Waals surface area (Å²) in [4.78, 5) is 16.3. The minimum Gasteiger partial charge on any atom is -0.309 e. The molecule has 286 valence electrons. The molecular weight excluding hydrogens is 721 g/mol. The Balaban J connectivity index is 1.24. The van der Waals surface area contributed by atoms with E-state index in [2.05, 4.69) is 213 Å². The summed E-state index contributed by atoms with van der Waals surface area (Å²) in [6, 6.07) is 56.6. The molecule has 0 unspecified atom stereocenters.